The van der Waals surface area contributed by atoms with Crippen LogP contribution in [0.2, 0.25) is 0 Å². The molecule has 0 unspecified atom stereocenters. The molecule has 0 heterocycles. The molecule has 0 aromatic heterocycles. The third-order valence-corrected chi connectivity index (χ3v) is 7.07. The van der Waals surface area contributed by atoms with E-state index in [4.69, 9.17) is 4.74 Å². The summed E-state index contributed by atoms with van der Waals surface area (Å²) in [5.74, 6) is 0.877. The number of hydrogen-bond donors (Lipinski definition) is 1. The van der Waals surface area contributed by atoms with Gasteiger partial charge in [-0.05, 0) is 41.8 Å². The molecule has 1 N–H and O–H groups in total. The van der Waals surface area contributed by atoms with Crippen LogP contribution in [-0.4, -0.2) is 12.5 Å². The Bertz CT molecular complexity index is 806. The molecule has 1 amide bonds. The predicted molar refractivity (Wildman–Crippen MR) is 154 cm³/mol. The molecule has 0 saturated heterocycles. The fraction of sp³-hybridized carbons (Fsp3) is 0.581. The summed E-state index contributed by atoms with van der Waals surface area (Å²) in [6, 6.07) is 15.8. The fourth-order valence-electron chi connectivity index (χ4n) is 4.31. The Hall–Kier alpha value is -1.81. The van der Waals surface area contributed by atoms with Crippen molar-refractivity contribution < 1.29 is 9.53 Å². The molecule has 0 fully saturated rings. The molecule has 0 aliphatic heterocycles. The Morgan fingerprint density at radius 2 is 1.31 bits per heavy atom. The Morgan fingerprint density at radius 3 is 1.89 bits per heavy atom. The number of hydrogen-bond acceptors (Lipinski definition) is 2. The molecule has 2 aromatic rings. The van der Waals surface area contributed by atoms with Crippen molar-refractivity contribution in [2.45, 2.75) is 109 Å². The van der Waals surface area contributed by atoms with Gasteiger partial charge in [0.05, 0.1) is 13.0 Å². The zero-order valence-corrected chi connectivity index (χ0v) is 23.4. The van der Waals surface area contributed by atoms with Crippen molar-refractivity contribution in [1.82, 2.24) is 0 Å². The quantitative estimate of drug-likeness (QED) is 0.133. The second-order valence-corrected chi connectivity index (χ2v) is 10.2. The van der Waals surface area contributed by atoms with E-state index in [2.05, 4.69) is 28.2 Å². The number of halogens is 1. The summed E-state index contributed by atoms with van der Waals surface area (Å²) in [5, 5.41) is 3.75. The minimum atomic E-state index is -0.00667. The maximum absolute atomic E-state index is 12.3. The topological polar surface area (TPSA) is 38.3 Å². The number of rotatable bonds is 20. The van der Waals surface area contributed by atoms with Crippen LogP contribution in [-0.2, 0) is 16.5 Å². The highest BCUT2D eigenvalue weighted by Crippen LogP contribution is 2.17. The summed E-state index contributed by atoms with van der Waals surface area (Å²) in [6.07, 6.45) is 19.5. The molecule has 194 valence electrons. The second-order valence-electron chi connectivity index (χ2n) is 9.65. The standard InChI is InChI=1S/C31H46BrNO2/c1-2-3-4-5-6-7-8-9-10-11-12-13-14-15-23-35-30-21-19-27(20-22-30)25-31(34)33-29-18-16-17-28(24-29)26-32/h16-22,24H,2-15,23,25-26H2,1H3,(H,33,34). The Kier molecular flexibility index (Phi) is 16.3. The number of unbranched alkanes of at least 4 members (excludes halogenated alkanes) is 13. The van der Waals surface area contributed by atoms with Gasteiger partial charge >= 0.3 is 0 Å². The average Bonchev–Trinajstić information content (AvgIpc) is 2.87. The third kappa shape index (κ3) is 14.4. The molecule has 0 bridgehead atoms. The zero-order valence-electron chi connectivity index (χ0n) is 21.8. The summed E-state index contributed by atoms with van der Waals surface area (Å²) in [7, 11) is 0. The summed E-state index contributed by atoms with van der Waals surface area (Å²) in [6.45, 7) is 3.05. The summed E-state index contributed by atoms with van der Waals surface area (Å²) in [4.78, 5) is 12.3. The smallest absolute Gasteiger partial charge is 0.228 e. The van der Waals surface area contributed by atoms with Crippen LogP contribution >= 0.6 is 15.9 Å². The van der Waals surface area contributed by atoms with Crippen LogP contribution in [0.1, 0.15) is 108 Å². The minimum Gasteiger partial charge on any atom is -0.494 e. The normalized spacial score (nSPS) is 10.9. The van der Waals surface area contributed by atoms with Gasteiger partial charge in [0, 0.05) is 11.0 Å². The van der Waals surface area contributed by atoms with Gasteiger partial charge in [-0.1, -0.05) is 131 Å². The number of carbonyl (C=O) groups excluding carboxylic acids is 1. The van der Waals surface area contributed by atoms with Crippen molar-refractivity contribution in [2.75, 3.05) is 11.9 Å². The first-order valence-electron chi connectivity index (χ1n) is 13.9. The van der Waals surface area contributed by atoms with E-state index in [1.54, 1.807) is 0 Å². The molecule has 0 atom stereocenters. The molecule has 0 aliphatic rings. The largest absolute Gasteiger partial charge is 0.494 e. The number of benzene rings is 2. The molecule has 0 aliphatic carbocycles. The van der Waals surface area contributed by atoms with E-state index in [1.165, 1.54) is 83.5 Å². The van der Waals surface area contributed by atoms with Crippen molar-refractivity contribution in [3.63, 3.8) is 0 Å². The van der Waals surface area contributed by atoms with Crippen LogP contribution in [0.5, 0.6) is 5.75 Å². The lowest BCUT2D eigenvalue weighted by Crippen LogP contribution is -2.14. The van der Waals surface area contributed by atoms with E-state index in [-0.39, 0.29) is 5.91 Å². The SMILES string of the molecule is CCCCCCCCCCCCCCCCOc1ccc(CC(=O)Nc2cccc(CBr)c2)cc1. The van der Waals surface area contributed by atoms with Crippen molar-refractivity contribution in [3.05, 3.63) is 59.7 Å². The highest BCUT2D eigenvalue weighted by molar-refractivity contribution is 9.08. The van der Waals surface area contributed by atoms with Gasteiger partial charge in [-0.3, -0.25) is 4.79 Å². The molecule has 0 radical (unpaired) electrons. The molecular formula is C31H46BrNO2. The van der Waals surface area contributed by atoms with E-state index >= 15 is 0 Å². The summed E-state index contributed by atoms with van der Waals surface area (Å²) < 4.78 is 5.89. The van der Waals surface area contributed by atoms with Gasteiger partial charge in [0.2, 0.25) is 5.91 Å². The van der Waals surface area contributed by atoms with E-state index in [0.29, 0.717) is 6.42 Å². The molecule has 35 heavy (non-hydrogen) atoms. The Labute approximate surface area is 222 Å². The van der Waals surface area contributed by atoms with Crippen LogP contribution in [0.4, 0.5) is 5.69 Å². The van der Waals surface area contributed by atoms with Crippen LogP contribution in [0.3, 0.4) is 0 Å². The summed E-state index contributed by atoms with van der Waals surface area (Å²) in [5.41, 5.74) is 2.96. The lowest BCUT2D eigenvalue weighted by molar-refractivity contribution is -0.115. The molecule has 3 nitrogen and oxygen atoms in total. The molecule has 0 saturated carbocycles. The molecule has 4 heteroatoms. The first kappa shape index (κ1) is 29.4. The van der Waals surface area contributed by atoms with Crippen LogP contribution < -0.4 is 10.1 Å². The second kappa shape index (κ2) is 19.4. The Balaban J connectivity index is 1.46. The number of carbonyl (C=O) groups is 1. The first-order chi connectivity index (χ1) is 17.2. The number of amides is 1. The molecule has 0 spiro atoms. The zero-order chi connectivity index (χ0) is 25.0. The van der Waals surface area contributed by atoms with E-state index < -0.39 is 0 Å². The number of nitrogens with one attached hydrogen (secondary N) is 1. The van der Waals surface area contributed by atoms with Gasteiger partial charge in [0.15, 0.2) is 0 Å². The van der Waals surface area contributed by atoms with Gasteiger partial charge in [-0.2, -0.15) is 0 Å². The number of ether oxygens (including phenoxy) is 1. The van der Waals surface area contributed by atoms with E-state index in [9.17, 15) is 4.79 Å². The van der Waals surface area contributed by atoms with Gasteiger partial charge in [0.1, 0.15) is 5.75 Å². The highest BCUT2D eigenvalue weighted by Gasteiger charge is 2.05. The van der Waals surface area contributed by atoms with Crippen molar-refractivity contribution in [3.8, 4) is 5.75 Å². The fourth-order valence-corrected chi connectivity index (χ4v) is 4.66. The summed E-state index contributed by atoms with van der Waals surface area (Å²) >= 11 is 3.45. The molecular weight excluding hydrogens is 498 g/mol. The van der Waals surface area contributed by atoms with Crippen molar-refractivity contribution >= 4 is 27.5 Å². The van der Waals surface area contributed by atoms with Gasteiger partial charge in [-0.15, -0.1) is 0 Å². The lowest BCUT2D eigenvalue weighted by atomic mass is 10.0. The highest BCUT2D eigenvalue weighted by atomic mass is 79.9. The van der Waals surface area contributed by atoms with Crippen LogP contribution in [0, 0.1) is 0 Å². The predicted octanol–water partition coefficient (Wildman–Crippen LogP) is 9.62. The van der Waals surface area contributed by atoms with E-state index in [0.717, 1.165) is 40.9 Å². The van der Waals surface area contributed by atoms with Crippen LogP contribution in [0.25, 0.3) is 0 Å². The monoisotopic (exact) mass is 543 g/mol. The third-order valence-electron chi connectivity index (χ3n) is 6.42. The lowest BCUT2D eigenvalue weighted by Gasteiger charge is -2.09. The number of anilines is 1. The number of alkyl halides is 1. The minimum absolute atomic E-state index is 0.00667. The van der Waals surface area contributed by atoms with Crippen LogP contribution in [0.15, 0.2) is 48.5 Å². The average molecular weight is 545 g/mol. The molecule has 2 aromatic carbocycles. The van der Waals surface area contributed by atoms with Crippen molar-refractivity contribution in [2.24, 2.45) is 0 Å². The van der Waals surface area contributed by atoms with Crippen molar-refractivity contribution in [1.29, 1.82) is 0 Å². The Morgan fingerprint density at radius 1 is 0.743 bits per heavy atom. The maximum Gasteiger partial charge on any atom is 0.228 e. The molecule has 2 rings (SSSR count). The van der Waals surface area contributed by atoms with E-state index in [1.807, 2.05) is 48.5 Å². The van der Waals surface area contributed by atoms with Gasteiger partial charge < -0.3 is 10.1 Å². The maximum atomic E-state index is 12.3. The van der Waals surface area contributed by atoms with Gasteiger partial charge in [-0.25, -0.2) is 0 Å². The first-order valence-corrected chi connectivity index (χ1v) is 15.0. The van der Waals surface area contributed by atoms with Gasteiger partial charge in [0.25, 0.3) is 0 Å².